The van der Waals surface area contributed by atoms with E-state index in [0.29, 0.717) is 5.82 Å². The molecule has 1 saturated heterocycles. The molecule has 2 atom stereocenters. The van der Waals surface area contributed by atoms with Crippen LogP contribution in [0.25, 0.3) is 0 Å². The fourth-order valence-corrected chi connectivity index (χ4v) is 3.12. The quantitative estimate of drug-likeness (QED) is 0.884. The van der Waals surface area contributed by atoms with Gasteiger partial charge in [-0.3, -0.25) is 9.69 Å². The van der Waals surface area contributed by atoms with Gasteiger partial charge >= 0.3 is 0 Å². The summed E-state index contributed by atoms with van der Waals surface area (Å²) in [7, 11) is 1.99. The zero-order valence-electron chi connectivity index (χ0n) is 13.0. The summed E-state index contributed by atoms with van der Waals surface area (Å²) >= 11 is 5.77. The van der Waals surface area contributed by atoms with E-state index in [9.17, 15) is 9.18 Å². The summed E-state index contributed by atoms with van der Waals surface area (Å²) in [6.45, 7) is 0.860. The van der Waals surface area contributed by atoms with E-state index in [1.165, 1.54) is 18.5 Å². The number of carbonyl (C=O) groups excluding carboxylic acids is 1. The Morgan fingerprint density at radius 2 is 2.21 bits per heavy atom. The van der Waals surface area contributed by atoms with E-state index in [1.807, 2.05) is 13.1 Å². The van der Waals surface area contributed by atoms with Gasteiger partial charge in [0.2, 0.25) is 0 Å². The molecular formula is C16H17ClFN5O. The number of anilines is 1. The molecule has 1 amide bonds. The minimum atomic E-state index is -0.621. The molecule has 1 fully saturated rings. The maximum absolute atomic E-state index is 13.8. The number of nitrogens with one attached hydrogen (secondary N) is 1. The van der Waals surface area contributed by atoms with Crippen LogP contribution in [-0.4, -0.2) is 40.4 Å². The Bertz CT molecular complexity index is 755. The Kier molecular flexibility index (Phi) is 4.64. The first kappa shape index (κ1) is 16.6. The van der Waals surface area contributed by atoms with Crippen LogP contribution in [0.15, 0.2) is 30.6 Å². The highest BCUT2D eigenvalue weighted by atomic mass is 35.5. The van der Waals surface area contributed by atoms with Crippen molar-refractivity contribution in [3.63, 3.8) is 0 Å². The maximum atomic E-state index is 13.8. The second-order valence-corrected chi connectivity index (χ2v) is 6.20. The van der Waals surface area contributed by atoms with E-state index in [4.69, 9.17) is 17.3 Å². The van der Waals surface area contributed by atoms with Gasteiger partial charge in [-0.05, 0) is 31.2 Å². The molecule has 6 nitrogen and oxygen atoms in total. The lowest BCUT2D eigenvalue weighted by Gasteiger charge is -2.26. The summed E-state index contributed by atoms with van der Waals surface area (Å²) in [5.41, 5.74) is 6.11. The summed E-state index contributed by atoms with van der Waals surface area (Å²) in [5.74, 6) is -0.511. The van der Waals surface area contributed by atoms with Crippen LogP contribution < -0.4 is 11.1 Å². The zero-order chi connectivity index (χ0) is 17.3. The van der Waals surface area contributed by atoms with E-state index in [1.54, 1.807) is 6.07 Å². The van der Waals surface area contributed by atoms with Gasteiger partial charge in [0.1, 0.15) is 17.3 Å². The lowest BCUT2D eigenvalue weighted by molar-refractivity contribution is 0.0995. The third-order valence-corrected chi connectivity index (χ3v) is 4.48. The number of hydrogen-bond donors (Lipinski definition) is 2. The molecule has 0 aliphatic carbocycles. The first-order chi connectivity index (χ1) is 11.5. The lowest BCUT2D eigenvalue weighted by atomic mass is 10.00. The van der Waals surface area contributed by atoms with Crippen molar-refractivity contribution in [1.82, 2.24) is 14.9 Å². The van der Waals surface area contributed by atoms with E-state index >= 15 is 0 Å². The van der Waals surface area contributed by atoms with Crippen LogP contribution in [0.3, 0.4) is 0 Å². The molecule has 1 aliphatic rings. The molecule has 0 spiro atoms. The topological polar surface area (TPSA) is 84.1 Å². The van der Waals surface area contributed by atoms with Gasteiger partial charge in [-0.2, -0.15) is 0 Å². The zero-order valence-corrected chi connectivity index (χ0v) is 13.8. The molecule has 0 bridgehead atoms. The Morgan fingerprint density at radius 1 is 1.42 bits per heavy atom. The smallest absolute Gasteiger partial charge is 0.268 e. The monoisotopic (exact) mass is 349 g/mol. The first-order valence-electron chi connectivity index (χ1n) is 7.49. The second-order valence-electron chi connectivity index (χ2n) is 5.79. The van der Waals surface area contributed by atoms with Crippen LogP contribution in [0.4, 0.5) is 10.2 Å². The molecule has 2 heterocycles. The van der Waals surface area contributed by atoms with Gasteiger partial charge < -0.3 is 11.1 Å². The molecule has 3 N–H and O–H groups in total. The van der Waals surface area contributed by atoms with E-state index in [-0.39, 0.29) is 22.8 Å². The van der Waals surface area contributed by atoms with E-state index in [0.717, 1.165) is 18.5 Å². The van der Waals surface area contributed by atoms with Gasteiger partial charge in [0.25, 0.3) is 5.91 Å². The van der Waals surface area contributed by atoms with Crippen molar-refractivity contribution >= 4 is 23.3 Å². The minimum Gasteiger partial charge on any atom is -0.364 e. The number of carbonyl (C=O) groups is 1. The number of nitrogens with two attached hydrogens (primary N) is 1. The molecule has 1 aliphatic heterocycles. The molecule has 0 saturated carbocycles. The molecule has 2 aromatic rings. The third kappa shape index (κ3) is 3.32. The van der Waals surface area contributed by atoms with E-state index in [2.05, 4.69) is 20.2 Å². The van der Waals surface area contributed by atoms with E-state index < -0.39 is 11.7 Å². The van der Waals surface area contributed by atoms with Crippen molar-refractivity contribution < 1.29 is 9.18 Å². The summed E-state index contributed by atoms with van der Waals surface area (Å²) in [6.07, 6.45) is 3.67. The number of aromatic nitrogens is 2. The SMILES string of the molecule is CN1CC[C@@H](Nc2cnc(C(N)=O)cn2)[C@@H]1c1ccc(Cl)c(F)c1. The van der Waals surface area contributed by atoms with Crippen LogP contribution in [0, 0.1) is 5.82 Å². The van der Waals surface area contributed by atoms with Gasteiger partial charge in [0, 0.05) is 12.6 Å². The highest BCUT2D eigenvalue weighted by Gasteiger charge is 2.33. The number of hydrogen-bond acceptors (Lipinski definition) is 5. The standard InChI is InChI=1S/C16H17ClFN5O/c1-23-5-4-12(15(23)9-2-3-10(17)11(18)6-9)22-14-8-20-13(7-21-14)16(19)24/h2-3,6-8,12,15H,4-5H2,1H3,(H2,19,24)(H,21,22)/t12-,15+/m1/s1. The van der Waals surface area contributed by atoms with Crippen molar-refractivity contribution in [2.75, 3.05) is 18.9 Å². The molecule has 8 heteroatoms. The van der Waals surface area contributed by atoms with Crippen LogP contribution in [0.5, 0.6) is 0 Å². The number of likely N-dealkylation sites (tertiary alicyclic amines) is 1. The highest BCUT2D eigenvalue weighted by Crippen LogP contribution is 2.34. The van der Waals surface area contributed by atoms with Gasteiger partial charge in [0.15, 0.2) is 0 Å². The van der Waals surface area contributed by atoms with Crippen molar-refractivity contribution in [1.29, 1.82) is 0 Å². The first-order valence-corrected chi connectivity index (χ1v) is 7.87. The summed E-state index contributed by atoms with van der Waals surface area (Å²) in [6, 6.07) is 4.87. The summed E-state index contributed by atoms with van der Waals surface area (Å²) in [4.78, 5) is 21.3. The average molecular weight is 350 g/mol. The number of likely N-dealkylation sites (N-methyl/N-ethyl adjacent to an activating group) is 1. The van der Waals surface area contributed by atoms with Crippen molar-refractivity contribution in [3.05, 3.63) is 52.7 Å². The average Bonchev–Trinajstić information content (AvgIpc) is 2.91. The molecule has 126 valence electrons. The van der Waals surface area contributed by atoms with Crippen molar-refractivity contribution in [2.24, 2.45) is 5.73 Å². The summed E-state index contributed by atoms with van der Waals surface area (Å²) in [5, 5.41) is 3.41. The Labute approximate surface area is 143 Å². The van der Waals surface area contributed by atoms with Crippen LogP contribution in [0.2, 0.25) is 5.02 Å². The molecule has 3 rings (SSSR count). The number of nitrogens with zero attached hydrogens (tertiary/aromatic N) is 3. The minimum absolute atomic E-state index is 0.0191. The van der Waals surface area contributed by atoms with Crippen LogP contribution >= 0.6 is 11.6 Å². The van der Waals surface area contributed by atoms with Gasteiger partial charge in [-0.1, -0.05) is 17.7 Å². The highest BCUT2D eigenvalue weighted by molar-refractivity contribution is 6.30. The largest absolute Gasteiger partial charge is 0.364 e. The molecule has 1 aromatic heterocycles. The fourth-order valence-electron chi connectivity index (χ4n) is 3.00. The molecular weight excluding hydrogens is 333 g/mol. The number of amides is 1. The Morgan fingerprint density at radius 3 is 2.83 bits per heavy atom. The second kappa shape index (κ2) is 6.70. The third-order valence-electron chi connectivity index (χ3n) is 4.17. The number of primary amides is 1. The Balaban J connectivity index is 1.81. The van der Waals surface area contributed by atoms with Crippen LogP contribution in [-0.2, 0) is 0 Å². The molecule has 0 radical (unpaired) electrons. The molecule has 0 unspecified atom stereocenters. The van der Waals surface area contributed by atoms with Gasteiger partial charge in [-0.25, -0.2) is 14.4 Å². The predicted molar refractivity (Wildman–Crippen MR) is 89.4 cm³/mol. The predicted octanol–water partition coefficient (Wildman–Crippen LogP) is 2.23. The molecule has 1 aromatic carbocycles. The van der Waals surface area contributed by atoms with Gasteiger partial charge in [0.05, 0.1) is 23.5 Å². The number of rotatable bonds is 4. The Hall–Kier alpha value is -2.25. The summed E-state index contributed by atoms with van der Waals surface area (Å²) < 4.78 is 13.8. The van der Waals surface area contributed by atoms with Crippen molar-refractivity contribution in [2.45, 2.75) is 18.5 Å². The number of halogens is 2. The van der Waals surface area contributed by atoms with Crippen LogP contribution in [0.1, 0.15) is 28.5 Å². The lowest BCUT2D eigenvalue weighted by Crippen LogP contribution is -2.29. The fraction of sp³-hybridized carbons (Fsp3) is 0.312. The number of benzene rings is 1. The molecule has 24 heavy (non-hydrogen) atoms. The maximum Gasteiger partial charge on any atom is 0.268 e. The van der Waals surface area contributed by atoms with Gasteiger partial charge in [-0.15, -0.1) is 0 Å². The normalized spacial score (nSPS) is 21.0. The van der Waals surface area contributed by atoms with Crippen molar-refractivity contribution in [3.8, 4) is 0 Å².